The van der Waals surface area contributed by atoms with Crippen LogP contribution in [0.5, 0.6) is 0 Å². The van der Waals surface area contributed by atoms with Crippen molar-refractivity contribution in [3.8, 4) is 0 Å². The average Bonchev–Trinajstić information content (AvgIpc) is 2.33. The molecule has 0 saturated carbocycles. The van der Waals surface area contributed by atoms with E-state index in [1.165, 1.54) is 218 Å². The van der Waals surface area contributed by atoms with E-state index >= 15 is 0 Å². The molecule has 0 aliphatic carbocycles. The van der Waals surface area contributed by atoms with Crippen molar-refractivity contribution >= 4 is 5.91 Å². The van der Waals surface area contributed by atoms with Crippen LogP contribution in [0.4, 0.5) is 0 Å². The average molecular weight is 1230 g/mol. The van der Waals surface area contributed by atoms with Gasteiger partial charge < -0.3 is 65.1 Å². The van der Waals surface area contributed by atoms with Crippen LogP contribution < -0.4 is 5.32 Å². The molecule has 2 fully saturated rings. The summed E-state index contributed by atoms with van der Waals surface area (Å²) in [6.45, 7) is 2.80. The normalized spacial score (nSPS) is 23.6. The first kappa shape index (κ1) is 80.8. The molecule has 87 heavy (non-hydrogen) atoms. The maximum atomic E-state index is 13.3. The Morgan fingerprint density at radius 3 is 1.21 bits per heavy atom. The van der Waals surface area contributed by atoms with Crippen LogP contribution in [0.2, 0.25) is 0 Å². The molecule has 9 N–H and O–H groups in total. The number of amides is 1. The number of allylic oxidation sites excluding steroid dienone is 9. The second-order valence-electron chi connectivity index (χ2n) is 25.4. The molecule has 0 aromatic rings. The van der Waals surface area contributed by atoms with Crippen molar-refractivity contribution in [2.45, 2.75) is 376 Å². The first-order valence-corrected chi connectivity index (χ1v) is 36.0. The molecule has 2 rings (SSSR count). The van der Waals surface area contributed by atoms with E-state index in [0.29, 0.717) is 12.8 Å². The highest BCUT2D eigenvalue weighted by Gasteiger charge is 2.51. The summed E-state index contributed by atoms with van der Waals surface area (Å²) in [6.07, 6.45) is 60.0. The van der Waals surface area contributed by atoms with Gasteiger partial charge in [0.2, 0.25) is 5.91 Å². The summed E-state index contributed by atoms with van der Waals surface area (Å²) in [6, 6.07) is -0.940. The van der Waals surface area contributed by atoms with E-state index in [1.807, 2.05) is 6.08 Å². The Labute approximate surface area is 530 Å². The number of hydrogen-bond acceptors (Lipinski definition) is 13. The lowest BCUT2D eigenvalue weighted by Gasteiger charge is -2.46. The molecule has 12 atom stereocenters. The third-order valence-corrected chi connectivity index (χ3v) is 17.4. The molecule has 14 heteroatoms. The van der Waals surface area contributed by atoms with E-state index < -0.39 is 86.8 Å². The number of carbonyl (C=O) groups is 1. The number of hydrogen-bond donors (Lipinski definition) is 9. The topological polar surface area (TPSA) is 228 Å². The molecule has 2 aliphatic heterocycles. The summed E-state index contributed by atoms with van der Waals surface area (Å²) < 4.78 is 22.8. The fourth-order valence-electron chi connectivity index (χ4n) is 11.7. The van der Waals surface area contributed by atoms with Crippen LogP contribution in [-0.4, -0.2) is 140 Å². The lowest BCUT2D eigenvalue weighted by atomic mass is 9.97. The van der Waals surface area contributed by atoms with Gasteiger partial charge in [-0.1, -0.05) is 286 Å². The van der Waals surface area contributed by atoms with Crippen molar-refractivity contribution in [2.24, 2.45) is 0 Å². The minimum atomic E-state index is -1.79. The minimum absolute atomic E-state index is 0.255. The molecule has 2 aliphatic rings. The van der Waals surface area contributed by atoms with Crippen molar-refractivity contribution in [2.75, 3.05) is 19.8 Å². The number of ether oxygens (including phenoxy) is 4. The van der Waals surface area contributed by atoms with Crippen molar-refractivity contribution in [3.05, 3.63) is 60.8 Å². The van der Waals surface area contributed by atoms with E-state index in [0.717, 1.165) is 51.4 Å². The van der Waals surface area contributed by atoms with Crippen LogP contribution in [-0.2, 0) is 23.7 Å². The molecule has 2 saturated heterocycles. The largest absolute Gasteiger partial charge is 0.394 e. The standard InChI is InChI=1S/C73H133NO13/c1-3-5-7-9-11-13-15-17-19-21-23-25-27-28-29-30-31-32-33-35-36-38-40-42-44-46-48-50-52-54-56-62(77)61(60-84-72-70(83)68(81)71(64(59-76)86-72)87-73-69(82)67(80)66(79)63(58-75)85-73)74-65(78)57-55-53-51-49-47-45-43-41-39-37-34-26-24-22-20-18-16-14-12-10-8-6-4-2/h16,18,22,24,34,37,46,48,54,56,61-64,66-73,75-77,79-83H,3-15,17,19-21,23,25-33,35-36,38-45,47,49-53,55,57-60H2,1-2H3,(H,74,78)/b18-16-,24-22-,37-34-,48-46+,56-54+. The van der Waals surface area contributed by atoms with Gasteiger partial charge in [0.15, 0.2) is 12.6 Å². The lowest BCUT2D eigenvalue weighted by molar-refractivity contribution is -0.359. The van der Waals surface area contributed by atoms with Crippen LogP contribution in [0, 0.1) is 0 Å². The Bertz CT molecular complexity index is 1690. The van der Waals surface area contributed by atoms with Crippen LogP contribution in [0.15, 0.2) is 60.8 Å². The van der Waals surface area contributed by atoms with Gasteiger partial charge in [-0.15, -0.1) is 0 Å². The third kappa shape index (κ3) is 41.7. The van der Waals surface area contributed by atoms with Crippen LogP contribution >= 0.6 is 0 Å². The zero-order valence-electron chi connectivity index (χ0n) is 55.3. The Kier molecular flexibility index (Phi) is 53.5. The van der Waals surface area contributed by atoms with Gasteiger partial charge in [-0.25, -0.2) is 0 Å². The molecule has 0 spiro atoms. The fourth-order valence-corrected chi connectivity index (χ4v) is 11.7. The maximum absolute atomic E-state index is 13.3. The Morgan fingerprint density at radius 2 is 0.770 bits per heavy atom. The van der Waals surface area contributed by atoms with E-state index in [-0.39, 0.29) is 18.9 Å². The molecule has 508 valence electrons. The predicted molar refractivity (Wildman–Crippen MR) is 355 cm³/mol. The minimum Gasteiger partial charge on any atom is -0.394 e. The van der Waals surface area contributed by atoms with Crippen molar-refractivity contribution < 1.29 is 64.6 Å². The van der Waals surface area contributed by atoms with Gasteiger partial charge in [-0.2, -0.15) is 0 Å². The molecule has 0 aromatic heterocycles. The zero-order chi connectivity index (χ0) is 63.1. The summed E-state index contributed by atoms with van der Waals surface area (Å²) in [4.78, 5) is 13.3. The highest BCUT2D eigenvalue weighted by molar-refractivity contribution is 5.76. The first-order valence-electron chi connectivity index (χ1n) is 36.0. The smallest absolute Gasteiger partial charge is 0.220 e. The summed E-state index contributed by atoms with van der Waals surface area (Å²) >= 11 is 0. The Morgan fingerprint density at radius 1 is 0.414 bits per heavy atom. The summed E-state index contributed by atoms with van der Waals surface area (Å²) in [5, 5.41) is 87.4. The van der Waals surface area contributed by atoms with Crippen LogP contribution in [0.25, 0.3) is 0 Å². The summed E-state index contributed by atoms with van der Waals surface area (Å²) in [7, 11) is 0. The highest BCUT2D eigenvalue weighted by Crippen LogP contribution is 2.30. The fraction of sp³-hybridized carbons (Fsp3) is 0.849. The van der Waals surface area contributed by atoms with Crippen molar-refractivity contribution in [1.82, 2.24) is 5.32 Å². The molecular weight excluding hydrogens is 1100 g/mol. The van der Waals surface area contributed by atoms with E-state index in [9.17, 15) is 45.6 Å². The van der Waals surface area contributed by atoms with Gasteiger partial charge in [0.1, 0.15) is 48.8 Å². The van der Waals surface area contributed by atoms with Gasteiger partial charge >= 0.3 is 0 Å². The van der Waals surface area contributed by atoms with Gasteiger partial charge in [0.25, 0.3) is 0 Å². The molecule has 14 nitrogen and oxygen atoms in total. The first-order chi connectivity index (χ1) is 42.6. The van der Waals surface area contributed by atoms with Gasteiger partial charge in [0, 0.05) is 6.42 Å². The summed E-state index contributed by atoms with van der Waals surface area (Å²) in [5.74, 6) is -0.255. The lowest BCUT2D eigenvalue weighted by Crippen LogP contribution is -2.65. The van der Waals surface area contributed by atoms with Gasteiger partial charge in [0.05, 0.1) is 32.0 Å². The molecule has 1 amide bonds. The monoisotopic (exact) mass is 1230 g/mol. The molecule has 0 bridgehead atoms. The number of rotatable bonds is 59. The Balaban J connectivity index is 1.69. The quantitative estimate of drug-likeness (QED) is 0.0204. The molecular formula is C73H133NO13. The Hall–Kier alpha value is -2.31. The van der Waals surface area contributed by atoms with E-state index in [2.05, 4.69) is 67.8 Å². The van der Waals surface area contributed by atoms with E-state index in [1.54, 1.807) is 6.08 Å². The van der Waals surface area contributed by atoms with Gasteiger partial charge in [-0.05, 0) is 70.6 Å². The third-order valence-electron chi connectivity index (χ3n) is 17.4. The SMILES string of the molecule is CCCCCCC/C=C\C/C=C\C/C=C\CCCCCCCCCCC(=O)NC(COC1OC(CO)C(OC2OC(CO)C(O)C(O)C2O)C(O)C1O)C(O)/C=C/CC/C=C/CCCCCCCCCCCCCCCCCCCCCCCCCC. The maximum Gasteiger partial charge on any atom is 0.220 e. The van der Waals surface area contributed by atoms with Gasteiger partial charge in [-0.3, -0.25) is 4.79 Å². The number of unbranched alkanes of at least 4 members (excludes halogenated alkanes) is 38. The van der Waals surface area contributed by atoms with E-state index in [4.69, 9.17) is 18.9 Å². The number of carbonyl (C=O) groups excluding carboxylic acids is 1. The van der Waals surface area contributed by atoms with Crippen molar-refractivity contribution in [3.63, 3.8) is 0 Å². The molecule has 2 heterocycles. The summed E-state index contributed by atoms with van der Waals surface area (Å²) in [5.41, 5.74) is 0. The van der Waals surface area contributed by atoms with Crippen molar-refractivity contribution in [1.29, 1.82) is 0 Å². The van der Waals surface area contributed by atoms with Crippen LogP contribution in [0.3, 0.4) is 0 Å². The predicted octanol–water partition coefficient (Wildman–Crippen LogP) is 14.8. The number of aliphatic hydroxyl groups is 8. The highest BCUT2D eigenvalue weighted by atomic mass is 16.7. The molecule has 0 aromatic carbocycles. The van der Waals surface area contributed by atoms with Crippen LogP contribution in [0.1, 0.15) is 303 Å². The zero-order valence-corrected chi connectivity index (χ0v) is 55.3. The number of aliphatic hydroxyl groups excluding tert-OH is 8. The molecule has 12 unspecified atom stereocenters. The molecule has 0 radical (unpaired) electrons. The second kappa shape index (κ2) is 57.6. The second-order valence-corrected chi connectivity index (χ2v) is 25.4. The number of nitrogens with one attached hydrogen (secondary N) is 1.